The van der Waals surface area contributed by atoms with E-state index < -0.39 is 0 Å². The van der Waals surface area contributed by atoms with E-state index in [0.29, 0.717) is 5.69 Å². The van der Waals surface area contributed by atoms with Crippen molar-refractivity contribution in [2.45, 2.75) is 6.92 Å². The van der Waals surface area contributed by atoms with E-state index in [1.54, 1.807) is 12.3 Å². The van der Waals surface area contributed by atoms with Gasteiger partial charge in [-0.05, 0) is 19.1 Å². The van der Waals surface area contributed by atoms with Gasteiger partial charge in [0.2, 0.25) is 0 Å². The highest BCUT2D eigenvalue weighted by molar-refractivity contribution is 5.93. The number of nitrogens with one attached hydrogen (secondary N) is 1. The van der Waals surface area contributed by atoms with Crippen LogP contribution in [0.2, 0.25) is 0 Å². The number of rotatable bonds is 2. The summed E-state index contributed by atoms with van der Waals surface area (Å²) >= 11 is 0. The Kier molecular flexibility index (Phi) is 2.21. The van der Waals surface area contributed by atoms with Crippen LogP contribution in [0.1, 0.15) is 11.5 Å². The normalized spacial score (nSPS) is 10.2. The molecule has 2 aromatic rings. The molecular weight excluding hydrogens is 190 g/mol. The monoisotopic (exact) mass is 201 g/mol. The van der Waals surface area contributed by atoms with Crippen LogP contribution in [0, 0.1) is 12.3 Å². The molecule has 3 N–H and O–H groups in total. The molecule has 2 heterocycles. The van der Waals surface area contributed by atoms with Gasteiger partial charge in [0.25, 0.3) is 0 Å². The Bertz CT molecular complexity index is 500. The summed E-state index contributed by atoms with van der Waals surface area (Å²) in [4.78, 5) is 8.35. The van der Waals surface area contributed by atoms with Gasteiger partial charge < -0.3 is 5.73 Å². The van der Waals surface area contributed by atoms with E-state index in [-0.39, 0.29) is 5.84 Å². The van der Waals surface area contributed by atoms with Gasteiger partial charge in [0.05, 0.1) is 0 Å². The van der Waals surface area contributed by atoms with E-state index in [2.05, 4.69) is 9.97 Å². The number of imidazole rings is 1. The van der Waals surface area contributed by atoms with Crippen LogP contribution >= 0.6 is 0 Å². The number of nitrogens with two attached hydrogens (primary N) is 1. The van der Waals surface area contributed by atoms with Crippen molar-refractivity contribution in [3.63, 3.8) is 0 Å². The molecule has 0 saturated carbocycles. The number of amidine groups is 1. The van der Waals surface area contributed by atoms with Crippen molar-refractivity contribution in [1.29, 1.82) is 5.41 Å². The minimum atomic E-state index is -0.0328. The molecule has 2 rings (SSSR count). The zero-order chi connectivity index (χ0) is 10.8. The molecule has 0 aliphatic carbocycles. The predicted octanol–water partition coefficient (Wildman–Crippen LogP) is 0.860. The topological polar surface area (TPSA) is 80.6 Å². The second kappa shape index (κ2) is 3.53. The van der Waals surface area contributed by atoms with Crippen molar-refractivity contribution in [1.82, 2.24) is 14.5 Å². The van der Waals surface area contributed by atoms with Gasteiger partial charge in [0.1, 0.15) is 23.2 Å². The van der Waals surface area contributed by atoms with Crippen LogP contribution < -0.4 is 5.73 Å². The Balaban J connectivity index is 2.50. The molecule has 0 fully saturated rings. The quantitative estimate of drug-likeness (QED) is 0.558. The first-order valence-corrected chi connectivity index (χ1v) is 4.50. The van der Waals surface area contributed by atoms with E-state index in [1.165, 1.54) is 0 Å². The lowest BCUT2D eigenvalue weighted by Gasteiger charge is -2.05. The molecule has 5 heteroatoms. The number of nitrogen functional groups attached to an aromatic ring is 1. The van der Waals surface area contributed by atoms with Gasteiger partial charge in [0, 0.05) is 12.4 Å². The summed E-state index contributed by atoms with van der Waals surface area (Å²) in [7, 11) is 0. The van der Waals surface area contributed by atoms with Crippen molar-refractivity contribution in [2.75, 3.05) is 0 Å². The fourth-order valence-corrected chi connectivity index (χ4v) is 1.33. The summed E-state index contributed by atoms with van der Waals surface area (Å²) in [6, 6.07) is 5.37. The molecule has 0 atom stereocenters. The lowest BCUT2D eigenvalue weighted by molar-refractivity contribution is 0.929. The maximum Gasteiger partial charge on any atom is 0.141 e. The lowest BCUT2D eigenvalue weighted by Crippen LogP contribution is -2.14. The van der Waals surface area contributed by atoms with E-state index in [9.17, 15) is 0 Å². The summed E-state index contributed by atoms with van der Waals surface area (Å²) in [6.45, 7) is 1.89. The fourth-order valence-electron chi connectivity index (χ4n) is 1.33. The zero-order valence-electron chi connectivity index (χ0n) is 8.31. The van der Waals surface area contributed by atoms with Crippen LogP contribution in [0.3, 0.4) is 0 Å². The molecule has 0 radical (unpaired) electrons. The SMILES string of the molecule is Cc1nccn1-c1cccc(C(=N)N)n1. The Hall–Kier alpha value is -2.17. The summed E-state index contributed by atoms with van der Waals surface area (Å²) in [5, 5.41) is 7.30. The van der Waals surface area contributed by atoms with Gasteiger partial charge in [0.15, 0.2) is 0 Å². The molecule has 0 unspecified atom stereocenters. The van der Waals surface area contributed by atoms with E-state index in [0.717, 1.165) is 11.6 Å². The number of aromatic nitrogens is 3. The summed E-state index contributed by atoms with van der Waals surface area (Å²) in [5.74, 6) is 1.54. The van der Waals surface area contributed by atoms with Crippen molar-refractivity contribution in [3.05, 3.63) is 42.1 Å². The molecule has 0 amide bonds. The summed E-state index contributed by atoms with van der Waals surface area (Å²) < 4.78 is 1.84. The van der Waals surface area contributed by atoms with Crippen molar-refractivity contribution in [2.24, 2.45) is 5.73 Å². The van der Waals surface area contributed by atoms with Crippen molar-refractivity contribution < 1.29 is 0 Å². The zero-order valence-corrected chi connectivity index (χ0v) is 8.31. The van der Waals surface area contributed by atoms with Crippen LogP contribution in [-0.2, 0) is 0 Å². The van der Waals surface area contributed by atoms with Crippen molar-refractivity contribution >= 4 is 5.84 Å². The second-order valence-corrected chi connectivity index (χ2v) is 3.14. The highest BCUT2D eigenvalue weighted by Gasteiger charge is 2.03. The molecule has 0 spiro atoms. The van der Waals surface area contributed by atoms with Crippen LogP contribution in [0.4, 0.5) is 0 Å². The number of hydrogen-bond acceptors (Lipinski definition) is 3. The third-order valence-corrected chi connectivity index (χ3v) is 2.08. The Morgan fingerprint density at radius 1 is 1.47 bits per heavy atom. The van der Waals surface area contributed by atoms with Gasteiger partial charge in [-0.15, -0.1) is 0 Å². The minimum absolute atomic E-state index is 0.0328. The van der Waals surface area contributed by atoms with E-state index >= 15 is 0 Å². The van der Waals surface area contributed by atoms with E-state index in [4.69, 9.17) is 11.1 Å². The summed E-state index contributed by atoms with van der Waals surface area (Å²) in [6.07, 6.45) is 3.53. The summed E-state index contributed by atoms with van der Waals surface area (Å²) in [5.41, 5.74) is 5.84. The Morgan fingerprint density at radius 3 is 2.87 bits per heavy atom. The molecule has 0 aliphatic rings. The van der Waals surface area contributed by atoms with Crippen LogP contribution in [-0.4, -0.2) is 20.4 Å². The van der Waals surface area contributed by atoms with E-state index in [1.807, 2.05) is 29.8 Å². The minimum Gasteiger partial charge on any atom is -0.382 e. The molecule has 5 nitrogen and oxygen atoms in total. The molecule has 0 saturated heterocycles. The number of nitrogens with zero attached hydrogens (tertiary/aromatic N) is 3. The Morgan fingerprint density at radius 2 is 2.27 bits per heavy atom. The Labute approximate surface area is 87.1 Å². The lowest BCUT2D eigenvalue weighted by atomic mass is 10.3. The molecule has 2 aromatic heterocycles. The fraction of sp³-hybridized carbons (Fsp3) is 0.100. The third-order valence-electron chi connectivity index (χ3n) is 2.08. The molecule has 76 valence electrons. The highest BCUT2D eigenvalue weighted by Crippen LogP contribution is 2.07. The largest absolute Gasteiger partial charge is 0.382 e. The number of pyridine rings is 1. The van der Waals surface area contributed by atoms with Crippen LogP contribution in [0.25, 0.3) is 5.82 Å². The van der Waals surface area contributed by atoms with Crippen molar-refractivity contribution in [3.8, 4) is 5.82 Å². The molecule has 0 aromatic carbocycles. The molecular formula is C10H11N5. The molecule has 0 bridgehead atoms. The van der Waals surface area contributed by atoms with Gasteiger partial charge in [-0.3, -0.25) is 9.98 Å². The van der Waals surface area contributed by atoms with Gasteiger partial charge in [-0.2, -0.15) is 0 Å². The molecule has 15 heavy (non-hydrogen) atoms. The molecule has 0 aliphatic heterocycles. The predicted molar refractivity (Wildman–Crippen MR) is 57.1 cm³/mol. The smallest absolute Gasteiger partial charge is 0.141 e. The van der Waals surface area contributed by atoms with Crippen LogP contribution in [0.5, 0.6) is 0 Å². The average Bonchev–Trinajstić information content (AvgIpc) is 2.64. The average molecular weight is 201 g/mol. The van der Waals surface area contributed by atoms with Gasteiger partial charge in [-0.1, -0.05) is 6.07 Å². The number of hydrogen-bond donors (Lipinski definition) is 2. The first kappa shape index (κ1) is 9.39. The second-order valence-electron chi connectivity index (χ2n) is 3.14. The first-order chi connectivity index (χ1) is 7.18. The maximum atomic E-state index is 7.30. The van der Waals surface area contributed by atoms with Crippen LogP contribution in [0.15, 0.2) is 30.6 Å². The first-order valence-electron chi connectivity index (χ1n) is 4.50. The third kappa shape index (κ3) is 1.71. The highest BCUT2D eigenvalue weighted by atomic mass is 15.1. The van der Waals surface area contributed by atoms with Gasteiger partial charge in [-0.25, -0.2) is 9.97 Å². The maximum absolute atomic E-state index is 7.30. The number of aryl methyl sites for hydroxylation is 1. The van der Waals surface area contributed by atoms with Gasteiger partial charge >= 0.3 is 0 Å². The standard InChI is InChI=1S/C10H11N5/c1-7-13-5-6-15(7)9-4-2-3-8(14-9)10(11)12/h2-6H,1H3,(H3,11,12).